The monoisotopic (exact) mass is 238 g/mol. The van der Waals surface area contributed by atoms with Crippen LogP contribution in [0.5, 0.6) is 0 Å². The number of nitrogens with zero attached hydrogens (tertiary/aromatic N) is 1. The number of hydrogen-bond acceptors (Lipinski definition) is 2. The second kappa shape index (κ2) is 4.63. The van der Waals surface area contributed by atoms with Crippen molar-refractivity contribution in [3.05, 3.63) is 28.5 Å². The van der Waals surface area contributed by atoms with Crippen molar-refractivity contribution in [1.82, 2.24) is 10.3 Å². The third-order valence-electron chi connectivity index (χ3n) is 1.31. The van der Waals surface area contributed by atoms with Gasteiger partial charge in [0, 0.05) is 10.7 Å². The lowest BCUT2D eigenvalue weighted by molar-refractivity contribution is 0.0953. The molecule has 1 aromatic heterocycles. The molecule has 1 heterocycles. The van der Waals surface area contributed by atoms with Crippen LogP contribution < -0.4 is 5.32 Å². The predicted octanol–water partition coefficient (Wildman–Crippen LogP) is 1.21. The molecule has 1 N–H and O–H groups in total. The molecule has 0 aliphatic rings. The highest BCUT2D eigenvalue weighted by atomic mass is 79.9. The van der Waals surface area contributed by atoms with E-state index in [9.17, 15) is 4.79 Å². The van der Waals surface area contributed by atoms with Crippen LogP contribution in [0.1, 0.15) is 10.5 Å². The van der Waals surface area contributed by atoms with E-state index in [2.05, 4.69) is 32.2 Å². The summed E-state index contributed by atoms with van der Waals surface area (Å²) < 4.78 is 0.813. The van der Waals surface area contributed by atoms with Crippen LogP contribution in [0.15, 0.2) is 22.8 Å². The summed E-state index contributed by atoms with van der Waals surface area (Å²) in [4.78, 5) is 15.1. The maximum Gasteiger partial charge on any atom is 0.270 e. The minimum atomic E-state index is -0.265. The van der Waals surface area contributed by atoms with Gasteiger partial charge in [-0.3, -0.25) is 9.78 Å². The van der Waals surface area contributed by atoms with Gasteiger partial charge in [-0.1, -0.05) is 21.9 Å². The number of rotatable bonds is 2. The van der Waals surface area contributed by atoms with Gasteiger partial charge in [0.1, 0.15) is 5.69 Å². The molecule has 0 aliphatic carbocycles. The summed E-state index contributed by atoms with van der Waals surface area (Å²) in [5.41, 5.74) is 0.352. The van der Waals surface area contributed by atoms with Crippen LogP contribution in [0.4, 0.5) is 0 Å². The van der Waals surface area contributed by atoms with Gasteiger partial charge in [0.25, 0.3) is 5.91 Å². The van der Waals surface area contributed by atoms with Crippen molar-refractivity contribution >= 4 is 21.8 Å². The first-order valence-corrected chi connectivity index (χ1v) is 4.36. The topological polar surface area (TPSA) is 42.0 Å². The van der Waals surface area contributed by atoms with Crippen LogP contribution in [0.25, 0.3) is 0 Å². The Labute approximate surface area is 84.7 Å². The van der Waals surface area contributed by atoms with Gasteiger partial charge in [-0.2, -0.15) is 0 Å². The molecule has 0 radical (unpaired) electrons. The molecule has 0 bridgehead atoms. The minimum absolute atomic E-state index is 0.215. The average molecular weight is 239 g/mol. The molecule has 0 saturated carbocycles. The molecule has 0 atom stereocenters. The molecule has 0 aliphatic heterocycles. The highest BCUT2D eigenvalue weighted by Gasteiger charge is 2.04. The maximum atomic E-state index is 11.3. The van der Waals surface area contributed by atoms with E-state index >= 15 is 0 Å². The van der Waals surface area contributed by atoms with Crippen LogP contribution in [-0.4, -0.2) is 17.4 Å². The van der Waals surface area contributed by atoms with Crippen molar-refractivity contribution in [2.24, 2.45) is 0 Å². The Balaban J connectivity index is 2.72. The van der Waals surface area contributed by atoms with Crippen LogP contribution in [0.3, 0.4) is 0 Å². The highest BCUT2D eigenvalue weighted by molar-refractivity contribution is 9.10. The fourth-order valence-electron chi connectivity index (χ4n) is 0.751. The molecule has 1 aromatic rings. The van der Waals surface area contributed by atoms with Gasteiger partial charge in [0.15, 0.2) is 0 Å². The van der Waals surface area contributed by atoms with Crippen LogP contribution >= 0.6 is 15.9 Å². The van der Waals surface area contributed by atoms with Gasteiger partial charge in [0.05, 0.1) is 6.54 Å². The lowest BCUT2D eigenvalue weighted by atomic mass is 10.3. The van der Waals surface area contributed by atoms with Crippen molar-refractivity contribution in [3.8, 4) is 12.3 Å². The summed E-state index contributed by atoms with van der Waals surface area (Å²) in [6.45, 7) is 0.215. The number of carbonyl (C=O) groups excluding carboxylic acids is 1. The zero-order valence-corrected chi connectivity index (χ0v) is 8.34. The van der Waals surface area contributed by atoms with E-state index in [-0.39, 0.29) is 12.5 Å². The Bertz CT molecular complexity index is 357. The maximum absolute atomic E-state index is 11.3. The van der Waals surface area contributed by atoms with Gasteiger partial charge in [-0.15, -0.1) is 6.42 Å². The molecule has 3 nitrogen and oxygen atoms in total. The molecule has 0 aromatic carbocycles. The number of carbonyl (C=O) groups is 1. The molecule has 0 saturated heterocycles. The molecule has 1 rings (SSSR count). The zero-order chi connectivity index (χ0) is 9.68. The Morgan fingerprint density at radius 3 is 3.15 bits per heavy atom. The lowest BCUT2D eigenvalue weighted by Gasteiger charge is -1.99. The van der Waals surface area contributed by atoms with Gasteiger partial charge in [-0.25, -0.2) is 0 Å². The summed E-state index contributed by atoms with van der Waals surface area (Å²) >= 11 is 3.24. The molecule has 1 amide bonds. The third-order valence-corrected chi connectivity index (χ3v) is 1.80. The van der Waals surface area contributed by atoms with Gasteiger partial charge < -0.3 is 5.32 Å². The quantitative estimate of drug-likeness (QED) is 0.788. The number of terminal acetylenes is 1. The summed E-state index contributed by atoms with van der Waals surface area (Å²) in [7, 11) is 0. The van der Waals surface area contributed by atoms with E-state index < -0.39 is 0 Å². The average Bonchev–Trinajstić information content (AvgIpc) is 2.14. The first-order valence-electron chi connectivity index (χ1n) is 3.57. The highest BCUT2D eigenvalue weighted by Crippen LogP contribution is 2.08. The summed E-state index contributed by atoms with van der Waals surface area (Å²) in [5.74, 6) is 2.05. The number of pyridine rings is 1. The predicted molar refractivity (Wildman–Crippen MR) is 53.1 cm³/mol. The number of hydrogen-bond donors (Lipinski definition) is 1. The molecule has 0 fully saturated rings. The van der Waals surface area contributed by atoms with E-state index in [1.54, 1.807) is 18.3 Å². The second-order valence-electron chi connectivity index (χ2n) is 2.25. The Hall–Kier alpha value is -1.34. The van der Waals surface area contributed by atoms with Crippen LogP contribution in [-0.2, 0) is 0 Å². The van der Waals surface area contributed by atoms with Crippen molar-refractivity contribution in [2.75, 3.05) is 6.54 Å². The number of halogens is 1. The van der Waals surface area contributed by atoms with E-state index in [0.29, 0.717) is 5.69 Å². The standard InChI is InChI=1S/C9H7BrN2O/c1-2-4-12-9(13)8-6-7(10)3-5-11-8/h1,3,5-6H,4H2,(H,12,13). The summed E-state index contributed by atoms with van der Waals surface area (Å²) in [6.07, 6.45) is 6.54. The molecule has 13 heavy (non-hydrogen) atoms. The van der Waals surface area contributed by atoms with Crippen molar-refractivity contribution < 1.29 is 4.79 Å². The first kappa shape index (κ1) is 9.75. The minimum Gasteiger partial charge on any atom is -0.340 e. The van der Waals surface area contributed by atoms with Crippen molar-refractivity contribution in [2.45, 2.75) is 0 Å². The largest absolute Gasteiger partial charge is 0.340 e. The number of amides is 1. The van der Waals surface area contributed by atoms with E-state index in [1.807, 2.05) is 0 Å². The Morgan fingerprint density at radius 1 is 1.77 bits per heavy atom. The lowest BCUT2D eigenvalue weighted by Crippen LogP contribution is -2.24. The Morgan fingerprint density at radius 2 is 2.54 bits per heavy atom. The zero-order valence-electron chi connectivity index (χ0n) is 6.75. The number of nitrogens with one attached hydrogen (secondary N) is 1. The second-order valence-corrected chi connectivity index (χ2v) is 3.16. The molecular formula is C9H7BrN2O. The van der Waals surface area contributed by atoms with E-state index in [1.165, 1.54) is 0 Å². The van der Waals surface area contributed by atoms with Crippen LogP contribution in [0.2, 0.25) is 0 Å². The summed E-state index contributed by atoms with van der Waals surface area (Å²) in [6, 6.07) is 3.38. The van der Waals surface area contributed by atoms with E-state index in [0.717, 1.165) is 4.47 Å². The fraction of sp³-hybridized carbons (Fsp3) is 0.111. The van der Waals surface area contributed by atoms with E-state index in [4.69, 9.17) is 6.42 Å². The molecule has 0 spiro atoms. The van der Waals surface area contributed by atoms with Crippen molar-refractivity contribution in [3.63, 3.8) is 0 Å². The molecular weight excluding hydrogens is 232 g/mol. The smallest absolute Gasteiger partial charge is 0.270 e. The normalized spacial score (nSPS) is 8.92. The number of aromatic nitrogens is 1. The fourth-order valence-corrected chi connectivity index (χ4v) is 1.09. The van der Waals surface area contributed by atoms with Gasteiger partial charge >= 0.3 is 0 Å². The van der Waals surface area contributed by atoms with Gasteiger partial charge in [-0.05, 0) is 12.1 Å². The molecule has 0 unspecified atom stereocenters. The summed E-state index contributed by atoms with van der Waals surface area (Å²) in [5, 5.41) is 2.52. The van der Waals surface area contributed by atoms with Gasteiger partial charge in [0.2, 0.25) is 0 Å². The first-order chi connectivity index (χ1) is 6.24. The molecule has 66 valence electrons. The molecule has 4 heteroatoms. The third kappa shape index (κ3) is 2.88. The van der Waals surface area contributed by atoms with Crippen molar-refractivity contribution in [1.29, 1.82) is 0 Å². The van der Waals surface area contributed by atoms with Crippen LogP contribution in [0, 0.1) is 12.3 Å². The Kier molecular flexibility index (Phi) is 3.47. The SMILES string of the molecule is C#CCNC(=O)c1cc(Br)ccn1.